The number of alkyl carbamates (subject to hydrolysis) is 1. The molecule has 5 N–H and O–H groups in total. The highest BCUT2D eigenvalue weighted by Crippen LogP contribution is 2.27. The van der Waals surface area contributed by atoms with Gasteiger partial charge in [-0.15, -0.1) is 0 Å². The van der Waals surface area contributed by atoms with Crippen LogP contribution >= 0.6 is 0 Å². The first-order chi connectivity index (χ1) is 17.3. The molecule has 0 saturated heterocycles. The average molecular weight is 510 g/mol. The van der Waals surface area contributed by atoms with Crippen molar-refractivity contribution in [1.82, 2.24) is 5.32 Å². The minimum Gasteiger partial charge on any atom is -0.444 e. The number of nitrogens with two attached hydrogens (primary N) is 1. The lowest BCUT2D eigenvalue weighted by Gasteiger charge is -2.25. The molecule has 2 amide bonds. The first-order valence-electron chi connectivity index (χ1n) is 12.8. The molecule has 0 aromatic heterocycles. The van der Waals surface area contributed by atoms with Crippen molar-refractivity contribution in [2.75, 3.05) is 11.9 Å². The minimum atomic E-state index is -1.17. The fourth-order valence-electron chi connectivity index (χ4n) is 4.38. The van der Waals surface area contributed by atoms with Crippen LogP contribution in [0.1, 0.15) is 58.9 Å². The summed E-state index contributed by atoms with van der Waals surface area (Å²) in [5.41, 5.74) is 8.07. The van der Waals surface area contributed by atoms with Crippen molar-refractivity contribution in [3.05, 3.63) is 54.1 Å². The molecule has 1 aliphatic rings. The van der Waals surface area contributed by atoms with E-state index in [1.165, 1.54) is 0 Å². The molecule has 2 aromatic carbocycles. The number of anilines is 1. The van der Waals surface area contributed by atoms with Crippen LogP contribution in [0.25, 0.3) is 11.1 Å². The topological polar surface area (TPSA) is 131 Å². The molecule has 0 aliphatic heterocycles. The van der Waals surface area contributed by atoms with E-state index in [4.69, 9.17) is 10.5 Å². The lowest BCUT2D eigenvalue weighted by Crippen LogP contribution is -2.51. The fraction of sp³-hybridized carbons (Fsp3) is 0.483. The molecule has 0 bridgehead atoms. The van der Waals surface area contributed by atoms with Gasteiger partial charge in [0.05, 0.1) is 18.2 Å². The highest BCUT2D eigenvalue weighted by molar-refractivity contribution is 5.93. The number of hydrogen-bond donors (Lipinski definition) is 4. The van der Waals surface area contributed by atoms with Crippen LogP contribution in [0, 0.1) is 5.92 Å². The number of amides is 2. The van der Waals surface area contributed by atoms with Gasteiger partial charge in [-0.25, -0.2) is 4.79 Å². The normalized spacial score (nSPS) is 19.4. The molecule has 1 saturated carbocycles. The summed E-state index contributed by atoms with van der Waals surface area (Å²) < 4.78 is 5.17. The lowest BCUT2D eigenvalue weighted by atomic mass is 9.87. The molecule has 1 unspecified atom stereocenters. The van der Waals surface area contributed by atoms with E-state index in [0.29, 0.717) is 32.1 Å². The Labute approximate surface area is 219 Å². The number of Topliss-reactive ketones (excluding diaryl/α,β-unsaturated/α-hetero) is 1. The Morgan fingerprint density at radius 3 is 2.24 bits per heavy atom. The number of ketones is 1. The summed E-state index contributed by atoms with van der Waals surface area (Å²) in [6.45, 7) is 6.70. The second kappa shape index (κ2) is 11.9. The second-order valence-corrected chi connectivity index (χ2v) is 11.1. The van der Waals surface area contributed by atoms with Crippen molar-refractivity contribution in [1.29, 1.82) is 0 Å². The van der Waals surface area contributed by atoms with Gasteiger partial charge in [-0.05, 0) is 88.6 Å². The van der Waals surface area contributed by atoms with E-state index in [-0.39, 0.29) is 30.3 Å². The van der Waals surface area contributed by atoms with Gasteiger partial charge in [0.1, 0.15) is 5.60 Å². The molecule has 0 spiro atoms. The summed E-state index contributed by atoms with van der Waals surface area (Å²) in [7, 11) is 0. The van der Waals surface area contributed by atoms with Crippen molar-refractivity contribution in [2.45, 2.75) is 77.0 Å². The van der Waals surface area contributed by atoms with E-state index in [0.717, 1.165) is 22.4 Å². The number of carbonyl (C=O) groups excluding carboxylic acids is 3. The molecule has 3 rings (SSSR count). The lowest BCUT2D eigenvalue weighted by molar-refractivity contribution is -0.123. The third-order valence-corrected chi connectivity index (χ3v) is 6.48. The number of ether oxygens (including phenoxy) is 1. The molecule has 0 radical (unpaired) electrons. The van der Waals surface area contributed by atoms with Crippen molar-refractivity contribution in [3.8, 4) is 11.1 Å². The Kier molecular flexibility index (Phi) is 9.10. The number of aliphatic hydroxyl groups is 1. The Bertz CT molecular complexity index is 1100. The molecule has 8 heteroatoms. The van der Waals surface area contributed by atoms with Gasteiger partial charge in [0, 0.05) is 11.6 Å². The van der Waals surface area contributed by atoms with E-state index in [9.17, 15) is 19.5 Å². The van der Waals surface area contributed by atoms with Gasteiger partial charge < -0.3 is 26.2 Å². The Hall–Kier alpha value is -3.23. The van der Waals surface area contributed by atoms with Gasteiger partial charge in [-0.2, -0.15) is 0 Å². The number of aliphatic hydroxyl groups excluding tert-OH is 1. The van der Waals surface area contributed by atoms with E-state index < -0.39 is 17.2 Å². The predicted molar refractivity (Wildman–Crippen MR) is 144 cm³/mol. The summed E-state index contributed by atoms with van der Waals surface area (Å²) in [4.78, 5) is 37.1. The molecule has 8 nitrogen and oxygen atoms in total. The monoisotopic (exact) mass is 509 g/mol. The first kappa shape index (κ1) is 28.3. The molecular formula is C29H39N3O5. The van der Waals surface area contributed by atoms with Gasteiger partial charge in [0.15, 0.2) is 5.78 Å². The quantitative estimate of drug-likeness (QED) is 0.422. The maximum absolute atomic E-state index is 12.7. The van der Waals surface area contributed by atoms with Gasteiger partial charge >= 0.3 is 6.09 Å². The molecule has 2 aromatic rings. The summed E-state index contributed by atoms with van der Waals surface area (Å²) in [6, 6.07) is 15.4. The van der Waals surface area contributed by atoms with Crippen LogP contribution in [-0.4, -0.2) is 46.7 Å². The highest BCUT2D eigenvalue weighted by Gasteiger charge is 2.29. The third kappa shape index (κ3) is 8.68. The number of hydrogen-bond acceptors (Lipinski definition) is 6. The van der Waals surface area contributed by atoms with Crippen molar-refractivity contribution >= 4 is 23.5 Å². The molecule has 0 heterocycles. The number of rotatable bonds is 8. The molecule has 1 atom stereocenters. The predicted octanol–water partition coefficient (Wildman–Crippen LogP) is 4.20. The third-order valence-electron chi connectivity index (χ3n) is 6.48. The van der Waals surface area contributed by atoms with Gasteiger partial charge in [0.25, 0.3) is 0 Å². The fourth-order valence-corrected chi connectivity index (χ4v) is 4.38. The number of benzene rings is 2. The van der Waals surface area contributed by atoms with E-state index in [2.05, 4.69) is 10.6 Å². The number of nitrogens with one attached hydrogen (secondary N) is 2. The second-order valence-electron chi connectivity index (χ2n) is 11.1. The van der Waals surface area contributed by atoms with Crippen LogP contribution in [0.2, 0.25) is 0 Å². The van der Waals surface area contributed by atoms with Crippen LogP contribution < -0.4 is 16.4 Å². The molecule has 1 aliphatic carbocycles. The maximum atomic E-state index is 12.7. The maximum Gasteiger partial charge on any atom is 0.408 e. The Balaban J connectivity index is 1.58. The van der Waals surface area contributed by atoms with E-state index in [1.54, 1.807) is 27.7 Å². The van der Waals surface area contributed by atoms with Crippen LogP contribution in [0.3, 0.4) is 0 Å². The van der Waals surface area contributed by atoms with Crippen molar-refractivity contribution < 1.29 is 24.2 Å². The standard InChI is InChI=1S/C29H39N3O5/c1-28(2,3)37-27(36)31-18-25(34)29(4,30)17-19-6-5-7-22(16-19)20-8-12-23(13-9-20)32-26(35)21-10-14-24(33)15-11-21/h5-9,12-13,16,21,24,33H,10-11,14-15,17-18,30H2,1-4H3,(H,31,36)(H,32,35)/t21-,24+,29?. The molecular weight excluding hydrogens is 470 g/mol. The molecule has 200 valence electrons. The highest BCUT2D eigenvalue weighted by atomic mass is 16.6. The van der Waals surface area contributed by atoms with Crippen LogP contribution in [0.5, 0.6) is 0 Å². The Morgan fingerprint density at radius 1 is 0.973 bits per heavy atom. The van der Waals surface area contributed by atoms with Gasteiger partial charge in [0.2, 0.25) is 5.91 Å². The molecule has 37 heavy (non-hydrogen) atoms. The van der Waals surface area contributed by atoms with Crippen LogP contribution in [0.4, 0.5) is 10.5 Å². The van der Waals surface area contributed by atoms with Crippen LogP contribution in [-0.2, 0) is 20.7 Å². The summed E-state index contributed by atoms with van der Waals surface area (Å²) in [6.07, 6.45) is 2.11. The van der Waals surface area contributed by atoms with Crippen molar-refractivity contribution in [3.63, 3.8) is 0 Å². The van der Waals surface area contributed by atoms with Crippen LogP contribution in [0.15, 0.2) is 48.5 Å². The Morgan fingerprint density at radius 2 is 1.62 bits per heavy atom. The zero-order valence-corrected chi connectivity index (χ0v) is 22.2. The minimum absolute atomic E-state index is 0.00490. The number of carbonyl (C=O) groups is 3. The van der Waals surface area contributed by atoms with Gasteiger partial charge in [-0.3, -0.25) is 9.59 Å². The SMILES string of the molecule is CC(C)(C)OC(=O)NCC(=O)C(C)(N)Cc1cccc(-c2ccc(NC(=O)[C@H]3CC[C@@H](O)CC3)cc2)c1. The summed E-state index contributed by atoms with van der Waals surface area (Å²) in [5, 5.41) is 15.1. The first-order valence-corrected chi connectivity index (χ1v) is 12.8. The average Bonchev–Trinajstić information content (AvgIpc) is 2.82. The zero-order valence-electron chi connectivity index (χ0n) is 22.2. The summed E-state index contributed by atoms with van der Waals surface area (Å²) in [5.74, 6) is -0.363. The molecule has 1 fully saturated rings. The largest absolute Gasteiger partial charge is 0.444 e. The van der Waals surface area contributed by atoms with E-state index >= 15 is 0 Å². The smallest absolute Gasteiger partial charge is 0.408 e. The summed E-state index contributed by atoms with van der Waals surface area (Å²) >= 11 is 0. The van der Waals surface area contributed by atoms with E-state index in [1.807, 2.05) is 48.5 Å². The zero-order chi connectivity index (χ0) is 27.2. The van der Waals surface area contributed by atoms with Crippen molar-refractivity contribution in [2.24, 2.45) is 11.7 Å². The van der Waals surface area contributed by atoms with Gasteiger partial charge in [-0.1, -0.05) is 36.4 Å².